The van der Waals surface area contributed by atoms with Gasteiger partial charge < -0.3 is 0 Å². The highest BCUT2D eigenvalue weighted by atomic mass is 16.1. The highest BCUT2D eigenvalue weighted by Gasteiger charge is 1.72. The number of hydrogen-bond donors (Lipinski definition) is 1. The topological polar surface area (TPSA) is 40.9 Å². The van der Waals surface area contributed by atoms with Gasteiger partial charge in [-0.1, -0.05) is 29.8 Å². The summed E-state index contributed by atoms with van der Waals surface area (Å²) in [6.07, 6.45) is 0.750. The first kappa shape index (κ1) is 8.60. The van der Waals surface area contributed by atoms with Crippen molar-refractivity contribution in [2.24, 2.45) is 0 Å². The van der Waals surface area contributed by atoms with Crippen molar-refractivity contribution in [1.82, 2.24) is 0 Å². The zero-order valence-electron chi connectivity index (χ0n) is 5.72. The maximum Gasteiger partial charge on any atom is 0.231 e. The SMILES string of the molecule is Cc1cc[c]cc1.N=C=O. The van der Waals surface area contributed by atoms with E-state index in [0.29, 0.717) is 0 Å². The molecule has 1 aromatic carbocycles. The number of hydrogen-bond acceptors (Lipinski definition) is 2. The highest BCUT2D eigenvalue weighted by Crippen LogP contribution is 1.91. The molecule has 0 atom stereocenters. The molecule has 0 aliphatic rings. The van der Waals surface area contributed by atoms with Crippen molar-refractivity contribution in [2.45, 2.75) is 6.92 Å². The summed E-state index contributed by atoms with van der Waals surface area (Å²) in [5, 5.41) is 5.40. The number of isocyanates is 1. The quantitative estimate of drug-likeness (QED) is 0.425. The highest BCUT2D eigenvalue weighted by molar-refractivity contribution is 5.26. The van der Waals surface area contributed by atoms with Crippen molar-refractivity contribution >= 4 is 6.08 Å². The lowest BCUT2D eigenvalue weighted by molar-refractivity contribution is 0.563. The van der Waals surface area contributed by atoms with Crippen LogP contribution >= 0.6 is 0 Å². The number of benzene rings is 1. The molecule has 0 amide bonds. The van der Waals surface area contributed by atoms with Gasteiger partial charge in [0.1, 0.15) is 0 Å². The van der Waals surface area contributed by atoms with E-state index in [-0.39, 0.29) is 0 Å². The molecule has 0 saturated heterocycles. The minimum absolute atomic E-state index is 0.750. The Labute approximate surface area is 60.0 Å². The number of aryl methyl sites for hydroxylation is 1. The monoisotopic (exact) mass is 134 g/mol. The van der Waals surface area contributed by atoms with Gasteiger partial charge in [0.15, 0.2) is 0 Å². The predicted molar refractivity (Wildman–Crippen MR) is 38.4 cm³/mol. The van der Waals surface area contributed by atoms with Gasteiger partial charge in [-0.25, -0.2) is 10.2 Å². The van der Waals surface area contributed by atoms with E-state index in [1.54, 1.807) is 0 Å². The molecule has 0 fully saturated rings. The van der Waals surface area contributed by atoms with Gasteiger partial charge in [-0.05, 0) is 13.0 Å². The van der Waals surface area contributed by atoms with Crippen LogP contribution in [0.15, 0.2) is 24.3 Å². The largest absolute Gasteiger partial charge is 0.231 e. The van der Waals surface area contributed by atoms with Gasteiger partial charge in [0, 0.05) is 0 Å². The number of rotatable bonds is 0. The van der Waals surface area contributed by atoms with Gasteiger partial charge in [-0.2, -0.15) is 0 Å². The van der Waals surface area contributed by atoms with Crippen molar-refractivity contribution in [3.05, 3.63) is 35.9 Å². The lowest BCUT2D eigenvalue weighted by atomic mass is 10.2. The fourth-order valence-electron chi connectivity index (χ4n) is 0.470. The third-order valence-corrected chi connectivity index (χ3v) is 0.885. The van der Waals surface area contributed by atoms with Crippen LogP contribution in [0.1, 0.15) is 5.56 Å². The molecule has 1 radical (unpaired) electrons. The Balaban J connectivity index is 0.000000236. The lowest BCUT2D eigenvalue weighted by Crippen LogP contribution is -1.63. The molecular weight excluding hydrogens is 126 g/mol. The normalized spacial score (nSPS) is 6.90. The third-order valence-electron chi connectivity index (χ3n) is 0.885. The average Bonchev–Trinajstić information content (AvgIpc) is 1.91. The Kier molecular flexibility index (Phi) is 4.93. The predicted octanol–water partition coefficient (Wildman–Crippen LogP) is 1.70. The second kappa shape index (κ2) is 5.73. The zero-order chi connectivity index (χ0) is 7.82. The van der Waals surface area contributed by atoms with E-state index in [4.69, 9.17) is 10.2 Å². The molecule has 2 heteroatoms. The average molecular weight is 134 g/mol. The van der Waals surface area contributed by atoms with E-state index in [2.05, 4.69) is 13.0 Å². The van der Waals surface area contributed by atoms with E-state index < -0.39 is 0 Å². The summed E-state index contributed by atoms with van der Waals surface area (Å²) in [5.41, 5.74) is 1.29. The smallest absolute Gasteiger partial charge is 0.222 e. The van der Waals surface area contributed by atoms with Gasteiger partial charge >= 0.3 is 0 Å². The lowest BCUT2D eigenvalue weighted by Gasteiger charge is -1.82. The van der Waals surface area contributed by atoms with E-state index >= 15 is 0 Å². The second-order valence-corrected chi connectivity index (χ2v) is 1.68. The van der Waals surface area contributed by atoms with Crippen LogP contribution in [-0.2, 0) is 4.79 Å². The zero-order valence-corrected chi connectivity index (χ0v) is 5.72. The molecule has 1 aromatic rings. The molecule has 0 bridgehead atoms. The summed E-state index contributed by atoms with van der Waals surface area (Å²) in [6.45, 7) is 2.06. The Morgan fingerprint density at radius 1 is 1.50 bits per heavy atom. The molecule has 0 heterocycles. The van der Waals surface area contributed by atoms with Crippen LogP contribution in [0.5, 0.6) is 0 Å². The van der Waals surface area contributed by atoms with Crippen LogP contribution in [0.25, 0.3) is 0 Å². The fraction of sp³-hybridized carbons (Fsp3) is 0.125. The second-order valence-electron chi connectivity index (χ2n) is 1.68. The summed E-state index contributed by atoms with van der Waals surface area (Å²) in [4.78, 5) is 8.35. The molecule has 10 heavy (non-hydrogen) atoms. The molecular formula is C8H8NO. The van der Waals surface area contributed by atoms with Gasteiger partial charge in [-0.3, -0.25) is 0 Å². The number of nitrogens with one attached hydrogen (secondary N) is 1. The molecule has 0 spiro atoms. The maximum atomic E-state index is 8.35. The first-order valence-corrected chi connectivity index (χ1v) is 2.78. The number of carbonyl (C=O) groups excluding carboxylic acids is 1. The molecule has 0 aromatic heterocycles. The first-order valence-electron chi connectivity index (χ1n) is 2.78. The van der Waals surface area contributed by atoms with E-state index in [0.717, 1.165) is 6.08 Å². The van der Waals surface area contributed by atoms with Crippen molar-refractivity contribution in [1.29, 1.82) is 5.41 Å². The summed E-state index contributed by atoms with van der Waals surface area (Å²) < 4.78 is 0. The maximum absolute atomic E-state index is 8.35. The van der Waals surface area contributed by atoms with Gasteiger partial charge in [0.25, 0.3) is 0 Å². The van der Waals surface area contributed by atoms with Gasteiger partial charge in [0.2, 0.25) is 6.08 Å². The van der Waals surface area contributed by atoms with Crippen LogP contribution in [0.3, 0.4) is 0 Å². The summed E-state index contributed by atoms with van der Waals surface area (Å²) in [5.74, 6) is 0. The van der Waals surface area contributed by atoms with E-state index in [9.17, 15) is 0 Å². The van der Waals surface area contributed by atoms with E-state index in [1.807, 2.05) is 24.3 Å². The summed E-state index contributed by atoms with van der Waals surface area (Å²) in [7, 11) is 0. The molecule has 0 aliphatic carbocycles. The Bertz CT molecular complexity index is 200. The Hall–Kier alpha value is -1.40. The Morgan fingerprint density at radius 3 is 2.10 bits per heavy atom. The van der Waals surface area contributed by atoms with Crippen molar-refractivity contribution < 1.29 is 4.79 Å². The van der Waals surface area contributed by atoms with Crippen LogP contribution in [0.4, 0.5) is 0 Å². The van der Waals surface area contributed by atoms with Crippen LogP contribution < -0.4 is 0 Å². The Morgan fingerprint density at radius 2 is 1.90 bits per heavy atom. The standard InChI is InChI=1S/C7H7.CHNO/c1-7-5-3-2-4-6-7;2-1-3/h3-6H,1H3;2H. The minimum Gasteiger partial charge on any atom is -0.222 e. The molecule has 2 nitrogen and oxygen atoms in total. The summed E-state index contributed by atoms with van der Waals surface area (Å²) >= 11 is 0. The van der Waals surface area contributed by atoms with Crippen LogP contribution in [0.2, 0.25) is 0 Å². The van der Waals surface area contributed by atoms with E-state index in [1.165, 1.54) is 5.56 Å². The van der Waals surface area contributed by atoms with Crippen LogP contribution in [0, 0.1) is 18.4 Å². The van der Waals surface area contributed by atoms with Gasteiger partial charge in [0.05, 0.1) is 0 Å². The third kappa shape index (κ3) is 4.75. The fourth-order valence-corrected chi connectivity index (χ4v) is 0.470. The van der Waals surface area contributed by atoms with Crippen molar-refractivity contribution in [3.63, 3.8) is 0 Å². The molecule has 51 valence electrons. The summed E-state index contributed by atoms with van der Waals surface area (Å²) in [6, 6.07) is 10.8. The van der Waals surface area contributed by atoms with Crippen LogP contribution in [-0.4, -0.2) is 6.08 Å². The van der Waals surface area contributed by atoms with Gasteiger partial charge in [-0.15, -0.1) is 0 Å². The molecule has 1 N–H and O–H groups in total. The molecule has 0 saturated carbocycles. The minimum atomic E-state index is 0.750. The molecule has 0 aliphatic heterocycles. The molecule has 0 unspecified atom stereocenters. The first-order chi connectivity index (χ1) is 4.81. The molecule has 1 rings (SSSR count). The van der Waals surface area contributed by atoms with Crippen molar-refractivity contribution in [2.75, 3.05) is 0 Å². The van der Waals surface area contributed by atoms with Crippen molar-refractivity contribution in [3.8, 4) is 0 Å².